The van der Waals surface area contributed by atoms with Gasteiger partial charge in [-0.15, -0.1) is 0 Å². The van der Waals surface area contributed by atoms with E-state index in [1.165, 1.54) is 12.1 Å². The molecule has 0 spiro atoms. The molecule has 2 heterocycles. The molecule has 2 aromatic carbocycles. The van der Waals surface area contributed by atoms with Crippen molar-refractivity contribution in [2.75, 3.05) is 39.4 Å². The molecule has 0 unspecified atom stereocenters. The van der Waals surface area contributed by atoms with Crippen molar-refractivity contribution in [2.45, 2.75) is 12.3 Å². The minimum atomic E-state index is -0.276. The molecule has 1 aliphatic heterocycles. The van der Waals surface area contributed by atoms with Gasteiger partial charge < -0.3 is 15.0 Å². The van der Waals surface area contributed by atoms with Crippen LogP contribution in [0.2, 0.25) is 0 Å². The first-order valence-corrected chi connectivity index (χ1v) is 10.1. The van der Waals surface area contributed by atoms with Crippen molar-refractivity contribution in [3.8, 4) is 0 Å². The maximum absolute atomic E-state index is 13.5. The van der Waals surface area contributed by atoms with Crippen LogP contribution in [0.1, 0.15) is 23.5 Å². The van der Waals surface area contributed by atoms with E-state index in [1.807, 2.05) is 30.5 Å². The normalized spacial score (nSPS) is 16.0. The smallest absolute Gasteiger partial charge is 0.220 e. The van der Waals surface area contributed by atoms with Gasteiger partial charge in [0.2, 0.25) is 5.91 Å². The second-order valence-electron chi connectivity index (χ2n) is 7.40. The molecule has 0 saturated carbocycles. The third-order valence-corrected chi connectivity index (χ3v) is 5.51. The Bertz CT molecular complexity index is 948. The fraction of sp³-hybridized carbons (Fsp3) is 0.348. The number of para-hydroxylation sites is 1. The number of aromatic nitrogens is 1. The predicted molar refractivity (Wildman–Crippen MR) is 111 cm³/mol. The SMILES string of the molecule is O=C(C[C@H](c1ccc(F)cc1)c1c[nH]c2ccccc12)NCCN1CCOCC1. The van der Waals surface area contributed by atoms with Gasteiger partial charge in [0.05, 0.1) is 13.2 Å². The Kier molecular flexibility index (Phi) is 6.22. The van der Waals surface area contributed by atoms with E-state index < -0.39 is 0 Å². The summed E-state index contributed by atoms with van der Waals surface area (Å²) in [7, 11) is 0. The first-order valence-electron chi connectivity index (χ1n) is 10.1. The third kappa shape index (κ3) is 4.83. The summed E-state index contributed by atoms with van der Waals surface area (Å²) in [5, 5.41) is 4.13. The van der Waals surface area contributed by atoms with Gasteiger partial charge in [-0.1, -0.05) is 30.3 Å². The van der Waals surface area contributed by atoms with Crippen LogP contribution in [0.4, 0.5) is 4.39 Å². The number of carbonyl (C=O) groups excluding carboxylic acids is 1. The monoisotopic (exact) mass is 395 g/mol. The van der Waals surface area contributed by atoms with E-state index in [2.05, 4.69) is 15.2 Å². The maximum atomic E-state index is 13.5. The third-order valence-electron chi connectivity index (χ3n) is 5.51. The number of fused-ring (bicyclic) bond motifs is 1. The molecule has 152 valence electrons. The van der Waals surface area contributed by atoms with Gasteiger partial charge in [0.25, 0.3) is 0 Å². The lowest BCUT2D eigenvalue weighted by Gasteiger charge is -2.26. The lowest BCUT2D eigenvalue weighted by Crippen LogP contribution is -2.41. The number of hydrogen-bond acceptors (Lipinski definition) is 3. The van der Waals surface area contributed by atoms with E-state index in [0.717, 1.165) is 54.9 Å². The number of carbonyl (C=O) groups is 1. The minimum absolute atomic E-state index is 0.00198. The summed E-state index contributed by atoms with van der Waals surface area (Å²) in [5.74, 6) is -0.422. The van der Waals surface area contributed by atoms with Crippen molar-refractivity contribution < 1.29 is 13.9 Å². The quantitative estimate of drug-likeness (QED) is 0.646. The Morgan fingerprint density at radius 3 is 2.69 bits per heavy atom. The fourth-order valence-corrected chi connectivity index (χ4v) is 3.92. The molecular formula is C23H26FN3O2. The molecule has 0 aliphatic carbocycles. The highest BCUT2D eigenvalue weighted by Gasteiger charge is 2.21. The second-order valence-corrected chi connectivity index (χ2v) is 7.40. The number of aromatic amines is 1. The summed E-state index contributed by atoms with van der Waals surface area (Å²) in [6.07, 6.45) is 2.27. The number of benzene rings is 2. The van der Waals surface area contributed by atoms with Crippen LogP contribution in [0.15, 0.2) is 54.7 Å². The molecule has 0 bridgehead atoms. The number of nitrogens with zero attached hydrogens (tertiary/aromatic N) is 1. The molecule has 2 N–H and O–H groups in total. The van der Waals surface area contributed by atoms with Crippen LogP contribution in [0.25, 0.3) is 10.9 Å². The molecule has 1 aromatic heterocycles. The summed E-state index contributed by atoms with van der Waals surface area (Å²) in [6, 6.07) is 14.5. The van der Waals surface area contributed by atoms with Gasteiger partial charge in [-0.3, -0.25) is 9.69 Å². The molecule has 5 nitrogen and oxygen atoms in total. The molecule has 4 rings (SSSR count). The molecular weight excluding hydrogens is 369 g/mol. The van der Waals surface area contributed by atoms with Crippen LogP contribution < -0.4 is 5.32 Å². The van der Waals surface area contributed by atoms with Gasteiger partial charge in [0, 0.05) is 55.6 Å². The van der Waals surface area contributed by atoms with Crippen molar-refractivity contribution >= 4 is 16.8 Å². The molecule has 29 heavy (non-hydrogen) atoms. The van der Waals surface area contributed by atoms with E-state index in [1.54, 1.807) is 12.1 Å². The fourth-order valence-electron chi connectivity index (χ4n) is 3.92. The van der Waals surface area contributed by atoms with Crippen molar-refractivity contribution in [2.24, 2.45) is 0 Å². The van der Waals surface area contributed by atoms with Crippen LogP contribution in [-0.2, 0) is 9.53 Å². The molecule has 3 aromatic rings. The Hall–Kier alpha value is -2.70. The number of morpholine rings is 1. The number of halogens is 1. The number of H-pyrrole nitrogens is 1. The zero-order valence-electron chi connectivity index (χ0n) is 16.4. The summed E-state index contributed by atoms with van der Waals surface area (Å²) in [5.41, 5.74) is 3.01. The van der Waals surface area contributed by atoms with Crippen LogP contribution in [-0.4, -0.2) is 55.2 Å². The van der Waals surface area contributed by atoms with Gasteiger partial charge in [0.15, 0.2) is 0 Å². The van der Waals surface area contributed by atoms with Crippen LogP contribution in [0.3, 0.4) is 0 Å². The van der Waals surface area contributed by atoms with Crippen molar-refractivity contribution in [3.05, 3.63) is 71.7 Å². The molecule has 6 heteroatoms. The van der Waals surface area contributed by atoms with E-state index in [0.29, 0.717) is 13.0 Å². The van der Waals surface area contributed by atoms with E-state index in [4.69, 9.17) is 4.74 Å². The number of rotatable bonds is 7. The molecule has 1 fully saturated rings. The molecule has 1 aliphatic rings. The number of hydrogen-bond donors (Lipinski definition) is 2. The summed E-state index contributed by atoms with van der Waals surface area (Å²) in [4.78, 5) is 18.3. The molecule has 1 atom stereocenters. The second kappa shape index (κ2) is 9.20. The van der Waals surface area contributed by atoms with Gasteiger partial charge in [0.1, 0.15) is 5.82 Å². The first kappa shape index (κ1) is 19.6. The standard InChI is InChI=1S/C23H26FN3O2/c24-18-7-5-17(6-8-18)20(21-16-26-22-4-2-1-3-19(21)22)15-23(28)25-9-10-27-11-13-29-14-12-27/h1-8,16,20,26H,9-15H2,(H,25,28)/t20-/m1/s1. The minimum Gasteiger partial charge on any atom is -0.379 e. The van der Waals surface area contributed by atoms with Gasteiger partial charge in [-0.25, -0.2) is 4.39 Å². The lowest BCUT2D eigenvalue weighted by molar-refractivity contribution is -0.121. The first-order chi connectivity index (χ1) is 14.2. The predicted octanol–water partition coefficient (Wildman–Crippen LogP) is 3.28. The largest absolute Gasteiger partial charge is 0.379 e. The number of ether oxygens (including phenoxy) is 1. The average molecular weight is 395 g/mol. The van der Waals surface area contributed by atoms with Crippen LogP contribution in [0, 0.1) is 5.82 Å². The highest BCUT2D eigenvalue weighted by molar-refractivity contribution is 5.86. The number of nitrogens with one attached hydrogen (secondary N) is 2. The summed E-state index contributed by atoms with van der Waals surface area (Å²) < 4.78 is 18.8. The van der Waals surface area contributed by atoms with E-state index in [9.17, 15) is 9.18 Å². The van der Waals surface area contributed by atoms with Gasteiger partial charge >= 0.3 is 0 Å². The zero-order chi connectivity index (χ0) is 20.1. The summed E-state index contributed by atoms with van der Waals surface area (Å²) in [6.45, 7) is 4.75. The maximum Gasteiger partial charge on any atom is 0.220 e. The highest BCUT2D eigenvalue weighted by Crippen LogP contribution is 2.33. The van der Waals surface area contributed by atoms with Gasteiger partial charge in [-0.2, -0.15) is 0 Å². The van der Waals surface area contributed by atoms with Crippen LogP contribution >= 0.6 is 0 Å². The van der Waals surface area contributed by atoms with Crippen molar-refractivity contribution in [1.82, 2.24) is 15.2 Å². The zero-order valence-corrected chi connectivity index (χ0v) is 16.4. The van der Waals surface area contributed by atoms with Crippen LogP contribution in [0.5, 0.6) is 0 Å². The Labute approximate surface area is 169 Å². The number of amides is 1. The average Bonchev–Trinajstić information content (AvgIpc) is 3.17. The van der Waals surface area contributed by atoms with Crippen molar-refractivity contribution in [3.63, 3.8) is 0 Å². The molecule has 1 saturated heterocycles. The van der Waals surface area contributed by atoms with Crippen molar-refractivity contribution in [1.29, 1.82) is 0 Å². The highest BCUT2D eigenvalue weighted by atomic mass is 19.1. The molecule has 0 radical (unpaired) electrons. The topological polar surface area (TPSA) is 57.4 Å². The Morgan fingerprint density at radius 1 is 1.14 bits per heavy atom. The van der Waals surface area contributed by atoms with E-state index in [-0.39, 0.29) is 17.6 Å². The Balaban J connectivity index is 1.48. The lowest BCUT2D eigenvalue weighted by atomic mass is 9.88. The Morgan fingerprint density at radius 2 is 1.90 bits per heavy atom. The molecule has 1 amide bonds. The van der Waals surface area contributed by atoms with Gasteiger partial charge in [-0.05, 0) is 29.3 Å². The summed E-state index contributed by atoms with van der Waals surface area (Å²) >= 11 is 0. The van der Waals surface area contributed by atoms with E-state index >= 15 is 0 Å².